The standard InChI is InChI=1S/C23H54BN2O3Si3/c1-13-16-18-25-19-20-26(22-25)24(14-2,15-3)17-21-32(12,28-30(7,8)9)29-31(10,11)27-23(4,5)6/h19-20,22,26H,13-18,21H2,1-12H3/q+1. The fourth-order valence-corrected chi connectivity index (χ4v) is 18.6. The zero-order chi connectivity index (χ0) is 24.8. The molecule has 0 aromatic carbocycles. The molecule has 0 saturated carbocycles. The monoisotopic (exact) mass is 501 g/mol. The van der Waals surface area contributed by atoms with Gasteiger partial charge in [-0.1, -0.05) is 27.2 Å². The Bertz CT molecular complexity index is 656. The first kappa shape index (κ1) is 30.0. The van der Waals surface area contributed by atoms with Crippen LogP contribution >= 0.6 is 0 Å². The largest absolute Gasteiger partial charge is 0.437 e. The quantitative estimate of drug-likeness (QED) is 0.247. The predicted molar refractivity (Wildman–Crippen MR) is 148 cm³/mol. The van der Waals surface area contributed by atoms with Gasteiger partial charge in [-0.15, -0.1) is 19.0 Å². The topological polar surface area (TPSA) is 35.1 Å². The van der Waals surface area contributed by atoms with Crippen molar-refractivity contribution in [3.05, 3.63) is 12.4 Å². The van der Waals surface area contributed by atoms with Crippen molar-refractivity contribution >= 4 is 38.1 Å². The summed E-state index contributed by atoms with van der Waals surface area (Å²) in [5, 5.41) is 0. The molecule has 0 radical (unpaired) electrons. The van der Waals surface area contributed by atoms with Crippen LogP contribution in [0.3, 0.4) is 0 Å². The summed E-state index contributed by atoms with van der Waals surface area (Å²) in [6, 6.07) is 1.03. The van der Waals surface area contributed by atoms with Gasteiger partial charge in [-0.25, -0.2) is 0 Å². The number of quaternary nitrogens is 1. The summed E-state index contributed by atoms with van der Waals surface area (Å²) in [5.74, 6) is 0. The minimum absolute atomic E-state index is 0.202. The number of rotatable bonds is 14. The highest BCUT2D eigenvalue weighted by atomic mass is 28.5. The molecule has 0 amide bonds. The lowest BCUT2D eigenvalue weighted by atomic mass is 9.29. The molecule has 5 nitrogen and oxygen atoms in total. The molecule has 2 atom stereocenters. The minimum Gasteiger partial charge on any atom is -0.437 e. The Morgan fingerprint density at radius 2 is 1.53 bits per heavy atom. The molecule has 32 heavy (non-hydrogen) atoms. The van der Waals surface area contributed by atoms with Gasteiger partial charge in [-0.3, -0.25) is 0 Å². The van der Waals surface area contributed by atoms with Crippen molar-refractivity contribution in [2.24, 2.45) is 0 Å². The predicted octanol–water partition coefficient (Wildman–Crippen LogP) is 5.64. The fraction of sp³-hybridized carbons (Fsp3) is 0.870. The highest BCUT2D eigenvalue weighted by Crippen LogP contribution is 2.31. The van der Waals surface area contributed by atoms with Gasteiger partial charge < -0.3 is 17.5 Å². The van der Waals surface area contributed by atoms with Crippen molar-refractivity contribution in [2.45, 2.75) is 124 Å². The maximum absolute atomic E-state index is 6.93. The SMILES string of the molecule is CCCC[N+]1=C[NH+]([B-](CC)(CC)CC[Si](C)(O[Si](C)(C)C)O[Si](C)(C)OC(C)(C)C)C=C1. The van der Waals surface area contributed by atoms with Crippen molar-refractivity contribution < 1.29 is 22.0 Å². The summed E-state index contributed by atoms with van der Waals surface area (Å²) in [7, 11) is -6.47. The molecule has 2 unspecified atom stereocenters. The molecular weight excluding hydrogens is 447 g/mol. The van der Waals surface area contributed by atoms with Crippen LogP contribution in [0.1, 0.15) is 54.4 Å². The van der Waals surface area contributed by atoms with Crippen molar-refractivity contribution in [3.63, 3.8) is 0 Å². The first-order valence-corrected chi connectivity index (χ1v) is 21.7. The second-order valence-electron chi connectivity index (χ2n) is 12.4. The molecule has 9 heteroatoms. The van der Waals surface area contributed by atoms with E-state index in [1.54, 1.807) is 0 Å². The van der Waals surface area contributed by atoms with Crippen molar-refractivity contribution in [3.8, 4) is 0 Å². The second kappa shape index (κ2) is 11.6. The average Bonchev–Trinajstić information content (AvgIpc) is 3.06. The van der Waals surface area contributed by atoms with Crippen LogP contribution in [0.4, 0.5) is 0 Å². The van der Waals surface area contributed by atoms with Gasteiger partial charge in [0.05, 0.1) is 5.60 Å². The number of hydrogen-bond acceptors (Lipinski definition) is 3. The molecule has 0 bridgehead atoms. The van der Waals surface area contributed by atoms with E-state index >= 15 is 0 Å². The Hall–Kier alpha value is -0.0344. The van der Waals surface area contributed by atoms with Crippen LogP contribution in [0.15, 0.2) is 12.4 Å². The van der Waals surface area contributed by atoms with E-state index in [9.17, 15) is 0 Å². The van der Waals surface area contributed by atoms with Gasteiger partial charge in [0.2, 0.25) is 12.5 Å². The molecule has 0 spiro atoms. The highest BCUT2D eigenvalue weighted by molar-refractivity contribution is 6.87. The summed E-state index contributed by atoms with van der Waals surface area (Å²) in [6.45, 7) is 28.0. The third kappa shape index (κ3) is 10.1. The Kier molecular flexibility index (Phi) is 10.9. The van der Waals surface area contributed by atoms with Crippen LogP contribution < -0.4 is 4.81 Å². The number of unbranched alkanes of at least 4 members (excludes halogenated alkanes) is 1. The van der Waals surface area contributed by atoms with Crippen LogP contribution in [-0.4, -0.2) is 54.8 Å². The Labute approximate surface area is 203 Å². The van der Waals surface area contributed by atoms with Gasteiger partial charge in [-0.05, 0) is 66.1 Å². The fourth-order valence-electron chi connectivity index (χ4n) is 5.22. The van der Waals surface area contributed by atoms with Crippen molar-refractivity contribution in [1.29, 1.82) is 0 Å². The maximum atomic E-state index is 6.93. The molecule has 1 rings (SSSR count). The molecule has 188 valence electrons. The molecule has 1 heterocycles. The summed E-state index contributed by atoms with van der Waals surface area (Å²) in [5.41, 5.74) is -0.202. The molecule has 0 aromatic heterocycles. The summed E-state index contributed by atoms with van der Waals surface area (Å²) >= 11 is 0. The normalized spacial score (nSPS) is 19.9. The zero-order valence-electron chi connectivity index (χ0n) is 23.4. The molecular formula is C23H54BN2O3Si3+. The van der Waals surface area contributed by atoms with E-state index < -0.39 is 31.7 Å². The van der Waals surface area contributed by atoms with Crippen LogP contribution in [0.2, 0.25) is 64.3 Å². The van der Waals surface area contributed by atoms with Crippen LogP contribution in [-0.2, 0) is 12.7 Å². The molecule has 1 aliphatic heterocycles. The molecule has 1 N–H and O–H groups in total. The van der Waals surface area contributed by atoms with Gasteiger partial charge in [0.15, 0.2) is 14.9 Å². The Balaban J connectivity index is 3.09. The van der Waals surface area contributed by atoms with E-state index in [0.29, 0.717) is 0 Å². The van der Waals surface area contributed by atoms with Crippen LogP contribution in [0, 0.1) is 0 Å². The lowest BCUT2D eigenvalue weighted by Gasteiger charge is -2.44. The van der Waals surface area contributed by atoms with Gasteiger partial charge >= 0.3 is 17.1 Å². The van der Waals surface area contributed by atoms with Gasteiger partial charge in [0, 0.05) is 6.42 Å². The Morgan fingerprint density at radius 1 is 0.938 bits per heavy atom. The molecule has 0 fully saturated rings. The van der Waals surface area contributed by atoms with Gasteiger partial charge in [0.1, 0.15) is 6.20 Å². The van der Waals surface area contributed by atoms with Gasteiger partial charge in [0.25, 0.3) is 6.34 Å². The summed E-state index contributed by atoms with van der Waals surface area (Å²) in [4.78, 5) is 1.54. The molecule has 0 aliphatic carbocycles. The first-order chi connectivity index (χ1) is 14.5. The second-order valence-corrected chi connectivity index (χ2v) is 24.1. The van der Waals surface area contributed by atoms with E-state index in [1.165, 1.54) is 30.3 Å². The van der Waals surface area contributed by atoms with E-state index in [1.807, 2.05) is 0 Å². The number of hydrogen-bond donors (Lipinski definition) is 1. The minimum atomic E-state index is -2.40. The highest BCUT2D eigenvalue weighted by Gasteiger charge is 2.46. The lowest BCUT2D eigenvalue weighted by Crippen LogP contribution is -3.17. The molecule has 0 aromatic rings. The summed E-state index contributed by atoms with van der Waals surface area (Å²) in [6.07, 6.45) is 12.5. The summed E-state index contributed by atoms with van der Waals surface area (Å²) < 4.78 is 22.6. The van der Waals surface area contributed by atoms with E-state index in [0.717, 1.165) is 18.9 Å². The maximum Gasteiger partial charge on any atom is 0.323 e. The van der Waals surface area contributed by atoms with Crippen LogP contribution in [0.5, 0.6) is 0 Å². The third-order valence-electron chi connectivity index (χ3n) is 6.50. The van der Waals surface area contributed by atoms with Crippen molar-refractivity contribution in [1.82, 2.24) is 0 Å². The van der Waals surface area contributed by atoms with E-state index in [-0.39, 0.29) is 5.60 Å². The van der Waals surface area contributed by atoms with E-state index in [4.69, 9.17) is 12.7 Å². The zero-order valence-corrected chi connectivity index (χ0v) is 26.4. The van der Waals surface area contributed by atoms with Crippen molar-refractivity contribution in [2.75, 3.05) is 6.54 Å². The molecule has 1 aliphatic rings. The van der Waals surface area contributed by atoms with Gasteiger partial charge in [-0.2, -0.15) is 4.58 Å². The number of nitrogens with zero attached hydrogens (tertiary/aromatic N) is 1. The molecule has 0 saturated heterocycles. The third-order valence-corrected chi connectivity index (χ3v) is 16.7. The van der Waals surface area contributed by atoms with E-state index in [2.05, 4.69) is 104 Å². The lowest BCUT2D eigenvalue weighted by molar-refractivity contribution is -0.639. The smallest absolute Gasteiger partial charge is 0.323 e. The average molecular weight is 502 g/mol. The Morgan fingerprint density at radius 3 is 2.00 bits per heavy atom. The number of nitrogens with one attached hydrogen (secondary N) is 1. The van der Waals surface area contributed by atoms with Crippen LogP contribution in [0.25, 0.3) is 0 Å². The first-order valence-electron chi connectivity index (χ1n) is 13.0.